The molecule has 0 aromatic carbocycles. The van der Waals surface area contributed by atoms with Gasteiger partial charge in [0.1, 0.15) is 5.66 Å². The highest BCUT2D eigenvalue weighted by molar-refractivity contribution is 5.75. The van der Waals surface area contributed by atoms with Crippen molar-refractivity contribution in [2.24, 2.45) is 10.9 Å². The van der Waals surface area contributed by atoms with Crippen LogP contribution in [0, 0.1) is 5.92 Å². The minimum Gasteiger partial charge on any atom is -0.304 e. The Bertz CT molecular complexity index is 337. The lowest BCUT2D eigenvalue weighted by Crippen LogP contribution is -2.49. The Morgan fingerprint density at radius 1 is 1.19 bits per heavy atom. The number of aliphatic imine (C=N–C) groups is 1. The second kappa shape index (κ2) is 8.09. The van der Waals surface area contributed by atoms with Crippen molar-refractivity contribution in [3.8, 4) is 0 Å². The molecule has 0 aliphatic carbocycles. The predicted molar refractivity (Wildman–Crippen MR) is 92.0 cm³/mol. The van der Waals surface area contributed by atoms with Crippen LogP contribution >= 0.6 is 0 Å². The number of nitrogens with zero attached hydrogens (tertiary/aromatic N) is 3. The van der Waals surface area contributed by atoms with Gasteiger partial charge in [0.15, 0.2) is 0 Å². The smallest absolute Gasteiger partial charge is 0.132 e. The van der Waals surface area contributed by atoms with Gasteiger partial charge in [-0.15, -0.1) is 0 Å². The molecule has 1 saturated heterocycles. The topological polar surface area (TPSA) is 18.8 Å². The van der Waals surface area contributed by atoms with Crippen molar-refractivity contribution >= 4 is 6.21 Å². The quantitative estimate of drug-likeness (QED) is 0.681. The molecule has 2 aliphatic heterocycles. The Labute approximate surface area is 131 Å². The number of hydrogen-bond acceptors (Lipinski definition) is 3. The van der Waals surface area contributed by atoms with Crippen molar-refractivity contribution < 1.29 is 0 Å². The monoisotopic (exact) mass is 291 g/mol. The Balaban J connectivity index is 1.80. The fourth-order valence-corrected chi connectivity index (χ4v) is 3.79. The van der Waals surface area contributed by atoms with Gasteiger partial charge in [0.05, 0.1) is 0 Å². The zero-order valence-corrected chi connectivity index (χ0v) is 14.2. The SMILES string of the molecule is CCCC1(N2CCC(CCN(CC)CC)CC2)C=CC=N1. The summed E-state index contributed by atoms with van der Waals surface area (Å²) in [5.74, 6) is 0.912. The first-order chi connectivity index (χ1) is 10.2. The molecule has 0 radical (unpaired) electrons. The van der Waals surface area contributed by atoms with Gasteiger partial charge in [0.2, 0.25) is 0 Å². The summed E-state index contributed by atoms with van der Waals surface area (Å²) < 4.78 is 0. The maximum Gasteiger partial charge on any atom is 0.132 e. The molecule has 0 spiro atoms. The fraction of sp³-hybridized carbons (Fsp3) is 0.833. The highest BCUT2D eigenvalue weighted by Gasteiger charge is 2.36. The number of allylic oxidation sites excluding steroid dienone is 1. The zero-order chi connectivity index (χ0) is 15.1. The largest absolute Gasteiger partial charge is 0.304 e. The van der Waals surface area contributed by atoms with Crippen LogP contribution in [0.4, 0.5) is 0 Å². The van der Waals surface area contributed by atoms with Gasteiger partial charge in [-0.25, -0.2) is 0 Å². The van der Waals surface area contributed by atoms with E-state index < -0.39 is 0 Å². The average Bonchev–Trinajstić information content (AvgIpc) is 2.99. The maximum atomic E-state index is 4.79. The molecule has 1 unspecified atom stereocenters. The number of piperidine rings is 1. The van der Waals surface area contributed by atoms with Gasteiger partial charge in [-0.05, 0) is 63.4 Å². The lowest BCUT2D eigenvalue weighted by atomic mass is 9.90. The molecule has 2 heterocycles. The molecule has 0 bridgehead atoms. The number of hydrogen-bond donors (Lipinski definition) is 0. The summed E-state index contributed by atoms with van der Waals surface area (Å²) in [5.41, 5.74) is -0.00140. The first kappa shape index (κ1) is 16.7. The second-order valence-electron chi connectivity index (χ2n) is 6.51. The van der Waals surface area contributed by atoms with E-state index in [1.54, 1.807) is 0 Å². The Morgan fingerprint density at radius 3 is 2.43 bits per heavy atom. The predicted octanol–water partition coefficient (Wildman–Crippen LogP) is 3.57. The van der Waals surface area contributed by atoms with E-state index in [1.165, 1.54) is 58.4 Å². The Kier molecular flexibility index (Phi) is 6.43. The summed E-state index contributed by atoms with van der Waals surface area (Å²) in [6.45, 7) is 12.9. The average molecular weight is 291 g/mol. The van der Waals surface area contributed by atoms with E-state index in [4.69, 9.17) is 4.99 Å². The molecule has 2 rings (SSSR count). The first-order valence-electron chi connectivity index (χ1n) is 8.94. The molecule has 21 heavy (non-hydrogen) atoms. The van der Waals surface area contributed by atoms with E-state index in [9.17, 15) is 0 Å². The highest BCUT2D eigenvalue weighted by Crippen LogP contribution is 2.32. The van der Waals surface area contributed by atoms with Gasteiger partial charge in [-0.3, -0.25) is 9.89 Å². The summed E-state index contributed by atoms with van der Waals surface area (Å²) in [5, 5.41) is 0. The van der Waals surface area contributed by atoms with Crippen molar-refractivity contribution in [2.45, 2.75) is 58.5 Å². The lowest BCUT2D eigenvalue weighted by molar-refractivity contribution is 0.0780. The van der Waals surface area contributed by atoms with E-state index in [2.05, 4.69) is 42.7 Å². The molecule has 1 fully saturated rings. The van der Waals surface area contributed by atoms with Crippen LogP contribution in [0.25, 0.3) is 0 Å². The van der Waals surface area contributed by atoms with Crippen LogP contribution < -0.4 is 0 Å². The van der Waals surface area contributed by atoms with Crippen LogP contribution in [0.5, 0.6) is 0 Å². The van der Waals surface area contributed by atoms with E-state index in [0.717, 1.165) is 12.3 Å². The van der Waals surface area contributed by atoms with Crippen LogP contribution in [0.15, 0.2) is 17.1 Å². The van der Waals surface area contributed by atoms with Crippen LogP contribution in [-0.4, -0.2) is 54.4 Å². The summed E-state index contributed by atoms with van der Waals surface area (Å²) >= 11 is 0. The Morgan fingerprint density at radius 2 is 1.90 bits per heavy atom. The van der Waals surface area contributed by atoms with Gasteiger partial charge < -0.3 is 4.90 Å². The van der Waals surface area contributed by atoms with Crippen LogP contribution in [0.2, 0.25) is 0 Å². The summed E-state index contributed by atoms with van der Waals surface area (Å²) in [6.07, 6.45) is 12.8. The van der Waals surface area contributed by atoms with Gasteiger partial charge >= 0.3 is 0 Å². The second-order valence-corrected chi connectivity index (χ2v) is 6.51. The standard InChI is InChI=1S/C18H33N3/c1-4-11-18(12-7-13-19-18)21-15-9-17(10-16-21)8-14-20(5-2)6-3/h7,12-13,17H,4-6,8-11,14-16H2,1-3H3. The molecule has 3 heteroatoms. The molecule has 2 aliphatic rings. The summed E-state index contributed by atoms with van der Waals surface area (Å²) in [7, 11) is 0. The molecule has 0 aromatic heterocycles. The van der Waals surface area contributed by atoms with Crippen molar-refractivity contribution in [3.63, 3.8) is 0 Å². The minimum atomic E-state index is -0.00140. The maximum absolute atomic E-state index is 4.79. The zero-order valence-electron chi connectivity index (χ0n) is 14.2. The van der Waals surface area contributed by atoms with Gasteiger partial charge in [0.25, 0.3) is 0 Å². The molecule has 0 aromatic rings. The van der Waals surface area contributed by atoms with E-state index >= 15 is 0 Å². The van der Waals surface area contributed by atoms with Crippen molar-refractivity contribution in [2.75, 3.05) is 32.7 Å². The summed E-state index contributed by atoms with van der Waals surface area (Å²) in [6, 6.07) is 0. The first-order valence-corrected chi connectivity index (χ1v) is 8.94. The summed E-state index contributed by atoms with van der Waals surface area (Å²) in [4.78, 5) is 9.95. The highest BCUT2D eigenvalue weighted by atomic mass is 15.3. The van der Waals surface area contributed by atoms with Crippen molar-refractivity contribution in [1.82, 2.24) is 9.80 Å². The molecule has 1 atom stereocenters. The molecule has 3 nitrogen and oxygen atoms in total. The molecule has 0 amide bonds. The molecule has 120 valence electrons. The van der Waals surface area contributed by atoms with Crippen molar-refractivity contribution in [3.05, 3.63) is 12.2 Å². The van der Waals surface area contributed by atoms with Crippen LogP contribution in [-0.2, 0) is 0 Å². The third kappa shape index (κ3) is 4.17. The van der Waals surface area contributed by atoms with E-state index in [1.807, 2.05) is 6.21 Å². The molecular weight excluding hydrogens is 258 g/mol. The number of rotatable bonds is 8. The third-order valence-electron chi connectivity index (χ3n) is 5.28. The minimum absolute atomic E-state index is 0.00140. The lowest BCUT2D eigenvalue weighted by Gasteiger charge is -2.42. The van der Waals surface area contributed by atoms with Crippen LogP contribution in [0.3, 0.4) is 0 Å². The van der Waals surface area contributed by atoms with Gasteiger partial charge in [-0.1, -0.05) is 27.2 Å². The fourth-order valence-electron chi connectivity index (χ4n) is 3.79. The van der Waals surface area contributed by atoms with Crippen molar-refractivity contribution in [1.29, 1.82) is 0 Å². The van der Waals surface area contributed by atoms with Gasteiger partial charge in [0, 0.05) is 19.3 Å². The number of likely N-dealkylation sites (tertiary alicyclic amines) is 1. The van der Waals surface area contributed by atoms with Crippen LogP contribution in [0.1, 0.15) is 52.9 Å². The molecule has 0 saturated carbocycles. The Hall–Kier alpha value is -0.670. The van der Waals surface area contributed by atoms with Gasteiger partial charge in [-0.2, -0.15) is 0 Å². The molecular formula is C18H33N3. The molecule has 0 N–H and O–H groups in total. The third-order valence-corrected chi connectivity index (χ3v) is 5.28. The van der Waals surface area contributed by atoms with E-state index in [-0.39, 0.29) is 5.66 Å². The normalized spacial score (nSPS) is 27.0. The van der Waals surface area contributed by atoms with E-state index in [0.29, 0.717) is 0 Å².